The Balaban J connectivity index is 3.55. The fraction of sp³-hybridized carbons (Fsp3) is 0.750. The smallest absolute Gasteiger partial charge is 0.303 e. The van der Waals surface area contributed by atoms with E-state index >= 15 is 0 Å². The second-order valence-corrected chi connectivity index (χ2v) is 2.79. The molecule has 0 spiro atoms. The maximum atomic E-state index is 11.0. The van der Waals surface area contributed by atoms with Crippen LogP contribution in [0.3, 0.4) is 0 Å². The second-order valence-electron chi connectivity index (χ2n) is 2.79. The SMILES string of the molecule is CCNC(=O)[C@H](N)CCCC(=O)O. The highest BCUT2D eigenvalue weighted by molar-refractivity contribution is 5.81. The van der Waals surface area contributed by atoms with Crippen molar-refractivity contribution < 1.29 is 14.7 Å². The normalized spacial score (nSPS) is 12.2. The van der Waals surface area contributed by atoms with E-state index in [0.717, 1.165) is 0 Å². The number of nitrogens with two attached hydrogens (primary N) is 1. The van der Waals surface area contributed by atoms with Gasteiger partial charge in [-0.2, -0.15) is 0 Å². The van der Waals surface area contributed by atoms with Crippen molar-refractivity contribution >= 4 is 11.9 Å². The summed E-state index contributed by atoms with van der Waals surface area (Å²) in [6.45, 7) is 2.35. The molecule has 0 fully saturated rings. The Labute approximate surface area is 77.3 Å². The number of carboxylic acids is 1. The molecule has 76 valence electrons. The first-order valence-electron chi connectivity index (χ1n) is 4.33. The summed E-state index contributed by atoms with van der Waals surface area (Å²) in [7, 11) is 0. The summed E-state index contributed by atoms with van der Waals surface area (Å²) in [5, 5.41) is 10.9. The topological polar surface area (TPSA) is 92.4 Å². The van der Waals surface area contributed by atoms with Gasteiger partial charge in [0.1, 0.15) is 0 Å². The van der Waals surface area contributed by atoms with Gasteiger partial charge in [0.15, 0.2) is 0 Å². The minimum Gasteiger partial charge on any atom is -0.481 e. The van der Waals surface area contributed by atoms with E-state index < -0.39 is 12.0 Å². The number of nitrogens with one attached hydrogen (secondary N) is 1. The third kappa shape index (κ3) is 6.10. The molecule has 13 heavy (non-hydrogen) atoms. The fourth-order valence-corrected chi connectivity index (χ4v) is 0.910. The Hall–Kier alpha value is -1.10. The van der Waals surface area contributed by atoms with Crippen molar-refractivity contribution in [3.8, 4) is 0 Å². The Bertz CT molecular complexity index is 182. The summed E-state index contributed by atoms with van der Waals surface area (Å²) < 4.78 is 0. The zero-order valence-electron chi connectivity index (χ0n) is 7.75. The minimum absolute atomic E-state index is 0.0626. The maximum absolute atomic E-state index is 11.0. The standard InChI is InChI=1S/C8H16N2O3/c1-2-10-8(13)6(9)4-3-5-7(11)12/h6H,2-5,9H2,1H3,(H,10,13)(H,11,12)/t6-/m1/s1. The maximum Gasteiger partial charge on any atom is 0.303 e. The van der Waals surface area contributed by atoms with Crippen LogP contribution >= 0.6 is 0 Å². The van der Waals surface area contributed by atoms with Crippen LogP contribution in [0.1, 0.15) is 26.2 Å². The van der Waals surface area contributed by atoms with Gasteiger partial charge in [-0.15, -0.1) is 0 Å². The Morgan fingerprint density at radius 2 is 2.15 bits per heavy atom. The van der Waals surface area contributed by atoms with E-state index in [4.69, 9.17) is 10.8 Å². The van der Waals surface area contributed by atoms with E-state index in [2.05, 4.69) is 5.32 Å². The monoisotopic (exact) mass is 188 g/mol. The Kier molecular flexibility index (Phi) is 5.88. The number of amides is 1. The third-order valence-corrected chi connectivity index (χ3v) is 1.59. The first-order chi connectivity index (χ1) is 6.07. The number of carbonyl (C=O) groups excluding carboxylic acids is 1. The van der Waals surface area contributed by atoms with Crippen molar-refractivity contribution in [3.63, 3.8) is 0 Å². The molecule has 1 atom stereocenters. The number of hydrogen-bond acceptors (Lipinski definition) is 3. The largest absolute Gasteiger partial charge is 0.481 e. The van der Waals surface area contributed by atoms with Crippen molar-refractivity contribution in [2.45, 2.75) is 32.2 Å². The van der Waals surface area contributed by atoms with Gasteiger partial charge in [0.05, 0.1) is 6.04 Å². The predicted octanol–water partition coefficient (Wildman–Crippen LogP) is -0.295. The molecule has 0 unspecified atom stereocenters. The molecule has 0 radical (unpaired) electrons. The van der Waals surface area contributed by atoms with Crippen LogP contribution in [0.15, 0.2) is 0 Å². The lowest BCUT2D eigenvalue weighted by Gasteiger charge is -2.09. The molecule has 0 aliphatic carbocycles. The summed E-state index contributed by atoms with van der Waals surface area (Å²) in [4.78, 5) is 21.2. The molecule has 4 N–H and O–H groups in total. The summed E-state index contributed by atoms with van der Waals surface area (Å²) in [6.07, 6.45) is 0.916. The number of hydrogen-bond donors (Lipinski definition) is 3. The lowest BCUT2D eigenvalue weighted by molar-refractivity contribution is -0.137. The van der Waals surface area contributed by atoms with Gasteiger partial charge >= 0.3 is 5.97 Å². The van der Waals surface area contributed by atoms with Crippen molar-refractivity contribution in [2.24, 2.45) is 5.73 Å². The van der Waals surface area contributed by atoms with Crippen LogP contribution in [0, 0.1) is 0 Å². The van der Waals surface area contributed by atoms with E-state index in [9.17, 15) is 9.59 Å². The molecule has 0 aromatic rings. The van der Waals surface area contributed by atoms with Gasteiger partial charge in [0.2, 0.25) is 5.91 Å². The number of aliphatic carboxylic acids is 1. The molecule has 5 heteroatoms. The van der Waals surface area contributed by atoms with Crippen LogP contribution in [0.5, 0.6) is 0 Å². The lowest BCUT2D eigenvalue weighted by atomic mass is 10.1. The van der Waals surface area contributed by atoms with Gasteiger partial charge in [-0.1, -0.05) is 0 Å². The van der Waals surface area contributed by atoms with Gasteiger partial charge in [0, 0.05) is 13.0 Å². The molecule has 0 saturated heterocycles. The Morgan fingerprint density at radius 3 is 2.62 bits per heavy atom. The van der Waals surface area contributed by atoms with Gasteiger partial charge in [-0.3, -0.25) is 9.59 Å². The predicted molar refractivity (Wildman–Crippen MR) is 48.1 cm³/mol. The molecular weight excluding hydrogens is 172 g/mol. The Morgan fingerprint density at radius 1 is 1.54 bits per heavy atom. The van der Waals surface area contributed by atoms with Crippen LogP contribution in [-0.4, -0.2) is 29.6 Å². The highest BCUT2D eigenvalue weighted by Crippen LogP contribution is 1.98. The van der Waals surface area contributed by atoms with Gasteiger partial charge in [-0.05, 0) is 19.8 Å². The van der Waals surface area contributed by atoms with Crippen LogP contribution in [0.4, 0.5) is 0 Å². The zero-order valence-corrected chi connectivity index (χ0v) is 7.75. The first kappa shape index (κ1) is 11.9. The summed E-state index contributed by atoms with van der Waals surface area (Å²) >= 11 is 0. The average molecular weight is 188 g/mol. The first-order valence-corrected chi connectivity index (χ1v) is 4.33. The van der Waals surface area contributed by atoms with Crippen molar-refractivity contribution in [1.82, 2.24) is 5.32 Å². The van der Waals surface area contributed by atoms with Gasteiger partial charge in [0.25, 0.3) is 0 Å². The molecule has 0 saturated carbocycles. The molecule has 0 heterocycles. The molecular formula is C8H16N2O3. The van der Waals surface area contributed by atoms with Crippen molar-refractivity contribution in [1.29, 1.82) is 0 Å². The lowest BCUT2D eigenvalue weighted by Crippen LogP contribution is -2.40. The van der Waals surface area contributed by atoms with Crippen LogP contribution in [-0.2, 0) is 9.59 Å². The number of rotatable bonds is 6. The van der Waals surface area contributed by atoms with E-state index in [1.807, 2.05) is 6.92 Å². The molecule has 0 aliphatic rings. The van der Waals surface area contributed by atoms with Crippen LogP contribution in [0.2, 0.25) is 0 Å². The van der Waals surface area contributed by atoms with E-state index in [1.165, 1.54) is 0 Å². The van der Waals surface area contributed by atoms with Crippen LogP contribution in [0.25, 0.3) is 0 Å². The summed E-state index contributed by atoms with van der Waals surface area (Å²) in [5.41, 5.74) is 5.48. The van der Waals surface area contributed by atoms with Crippen LogP contribution < -0.4 is 11.1 Å². The zero-order chi connectivity index (χ0) is 10.3. The molecule has 5 nitrogen and oxygen atoms in total. The van der Waals surface area contributed by atoms with E-state index in [-0.39, 0.29) is 12.3 Å². The van der Waals surface area contributed by atoms with Crippen molar-refractivity contribution in [3.05, 3.63) is 0 Å². The second kappa shape index (κ2) is 6.42. The quantitative estimate of drug-likeness (QED) is 0.533. The summed E-state index contributed by atoms with van der Waals surface area (Å²) in [5.74, 6) is -1.07. The van der Waals surface area contributed by atoms with Gasteiger partial charge < -0.3 is 16.2 Å². The molecule has 0 rings (SSSR count). The van der Waals surface area contributed by atoms with E-state index in [0.29, 0.717) is 19.4 Å². The third-order valence-electron chi connectivity index (χ3n) is 1.59. The van der Waals surface area contributed by atoms with Crippen molar-refractivity contribution in [2.75, 3.05) is 6.54 Å². The molecule has 0 bridgehead atoms. The molecule has 1 amide bonds. The van der Waals surface area contributed by atoms with E-state index in [1.54, 1.807) is 0 Å². The molecule has 0 aromatic carbocycles. The highest BCUT2D eigenvalue weighted by Gasteiger charge is 2.11. The molecule has 0 aromatic heterocycles. The highest BCUT2D eigenvalue weighted by atomic mass is 16.4. The number of carbonyl (C=O) groups is 2. The minimum atomic E-state index is -0.858. The number of likely N-dealkylation sites (N-methyl/N-ethyl adjacent to an activating group) is 1. The average Bonchev–Trinajstić information content (AvgIpc) is 2.04. The summed E-state index contributed by atoms with van der Waals surface area (Å²) in [6, 6.07) is -0.584. The molecule has 0 aliphatic heterocycles. The van der Waals surface area contributed by atoms with Gasteiger partial charge in [-0.25, -0.2) is 0 Å². The number of carboxylic acid groups (broad SMARTS) is 1. The fourth-order valence-electron chi connectivity index (χ4n) is 0.910.